The van der Waals surface area contributed by atoms with Crippen molar-refractivity contribution in [1.29, 1.82) is 0 Å². The fourth-order valence-corrected chi connectivity index (χ4v) is 5.58. The molecule has 1 saturated heterocycles. The number of para-hydroxylation sites is 1. The van der Waals surface area contributed by atoms with Crippen molar-refractivity contribution < 1.29 is 9.59 Å². The van der Waals surface area contributed by atoms with Crippen LogP contribution in [0.25, 0.3) is 6.08 Å². The fraction of sp³-hybridized carbons (Fsp3) is 0.125. The van der Waals surface area contributed by atoms with Crippen molar-refractivity contribution >= 4 is 65.7 Å². The van der Waals surface area contributed by atoms with Crippen molar-refractivity contribution in [3.8, 4) is 0 Å². The number of carbonyl (C=O) groups excluding carboxylic acids is 2. The van der Waals surface area contributed by atoms with E-state index in [-0.39, 0.29) is 37.0 Å². The van der Waals surface area contributed by atoms with Crippen molar-refractivity contribution in [2.75, 3.05) is 19.0 Å². The number of likely N-dealkylation sites (N-methyl/N-ethyl adjacent to an activating group) is 2. The summed E-state index contributed by atoms with van der Waals surface area (Å²) < 4.78 is 2.09. The van der Waals surface area contributed by atoms with E-state index in [0.717, 1.165) is 20.4 Å². The first-order chi connectivity index (χ1) is 14.9. The van der Waals surface area contributed by atoms with Crippen LogP contribution in [-0.4, -0.2) is 55.3 Å². The molecule has 0 radical (unpaired) electrons. The molecule has 156 valence electrons. The molecule has 0 aliphatic carbocycles. The Hall–Kier alpha value is -2.99. The molecule has 5 nitrogen and oxygen atoms in total. The van der Waals surface area contributed by atoms with Gasteiger partial charge in [-0.25, -0.2) is 0 Å². The molecule has 0 atom stereocenters. The number of carbonyl (C=O) groups is 2. The minimum atomic E-state index is -0.364. The first kappa shape index (κ1) is 21.2. The quantitative estimate of drug-likeness (QED) is 0.237. The Morgan fingerprint density at radius 2 is 1.42 bits per heavy atom. The molecule has 1 aliphatic rings. The number of amides is 2. The molecular formula is C24H21N3O2SSe. The average Bonchev–Trinajstić information content (AvgIpc) is 3.24. The summed E-state index contributed by atoms with van der Waals surface area (Å²) in [7, 11) is 3.18. The fourth-order valence-electron chi connectivity index (χ4n) is 3.33. The van der Waals surface area contributed by atoms with Gasteiger partial charge in [-0.3, -0.25) is 0 Å². The van der Waals surface area contributed by atoms with Crippen LogP contribution >= 0.6 is 12.2 Å². The van der Waals surface area contributed by atoms with Gasteiger partial charge in [0.15, 0.2) is 0 Å². The maximum absolute atomic E-state index is 12.6. The third kappa shape index (κ3) is 4.12. The number of hydrogen-bond acceptors (Lipinski definition) is 4. The van der Waals surface area contributed by atoms with Crippen LogP contribution in [0.5, 0.6) is 0 Å². The van der Waals surface area contributed by atoms with Crippen LogP contribution in [0, 0.1) is 6.92 Å². The van der Waals surface area contributed by atoms with E-state index in [1.807, 2.05) is 24.3 Å². The van der Waals surface area contributed by atoms with Gasteiger partial charge in [0.05, 0.1) is 0 Å². The second kappa shape index (κ2) is 8.63. The molecule has 0 spiro atoms. The number of thiocarbonyl (C=S) groups is 1. The van der Waals surface area contributed by atoms with Gasteiger partial charge in [-0.15, -0.1) is 0 Å². The van der Waals surface area contributed by atoms with Gasteiger partial charge in [0.1, 0.15) is 0 Å². The molecule has 2 aromatic carbocycles. The van der Waals surface area contributed by atoms with Crippen LogP contribution in [0.1, 0.15) is 10.0 Å². The van der Waals surface area contributed by atoms with E-state index in [1.165, 1.54) is 15.4 Å². The zero-order chi connectivity index (χ0) is 22.1. The van der Waals surface area contributed by atoms with Crippen molar-refractivity contribution in [2.45, 2.75) is 6.92 Å². The number of rotatable bonds is 4. The SMILES string of the molecule is Cc1ccc(N(c2ccccc2)c2ccc(C=C3C(=O)N(C)C(=S)N(C)C3=O)[se]2)cc1. The Labute approximate surface area is 192 Å². The second-order valence-corrected chi connectivity index (χ2v) is 9.91. The van der Waals surface area contributed by atoms with Crippen molar-refractivity contribution in [3.05, 3.63) is 82.3 Å². The van der Waals surface area contributed by atoms with Crippen LogP contribution in [0.2, 0.25) is 0 Å². The number of benzene rings is 2. The van der Waals surface area contributed by atoms with Gasteiger partial charge in [-0.05, 0) is 0 Å². The summed E-state index contributed by atoms with van der Waals surface area (Å²) in [5.74, 6) is -0.728. The normalized spacial score (nSPS) is 14.3. The van der Waals surface area contributed by atoms with E-state index in [2.05, 4.69) is 54.3 Å². The maximum atomic E-state index is 12.6. The van der Waals surface area contributed by atoms with E-state index in [0.29, 0.717) is 0 Å². The van der Waals surface area contributed by atoms with E-state index in [9.17, 15) is 9.59 Å². The first-order valence-corrected chi connectivity index (χ1v) is 11.8. The van der Waals surface area contributed by atoms with Gasteiger partial charge in [-0.2, -0.15) is 0 Å². The number of anilines is 3. The topological polar surface area (TPSA) is 43.9 Å². The molecule has 3 aromatic rings. The number of nitrogens with zero attached hydrogens (tertiary/aromatic N) is 3. The summed E-state index contributed by atoms with van der Waals surface area (Å²) in [6, 6.07) is 22.6. The second-order valence-electron chi connectivity index (χ2n) is 7.25. The molecule has 2 amide bonds. The Bertz CT molecular complexity index is 1160. The number of hydrogen-bond donors (Lipinski definition) is 0. The van der Waals surface area contributed by atoms with Crippen molar-refractivity contribution in [2.24, 2.45) is 0 Å². The van der Waals surface area contributed by atoms with Crippen LogP contribution in [-0.2, 0) is 9.59 Å². The summed E-state index contributed by atoms with van der Waals surface area (Å²) in [6.07, 6.45) is 1.71. The Morgan fingerprint density at radius 1 is 0.839 bits per heavy atom. The predicted octanol–water partition coefficient (Wildman–Crippen LogP) is 4.12. The van der Waals surface area contributed by atoms with E-state index < -0.39 is 0 Å². The van der Waals surface area contributed by atoms with Crippen molar-refractivity contribution in [1.82, 2.24) is 9.80 Å². The molecule has 7 heteroatoms. The number of aryl methyl sites for hydroxylation is 1. The van der Waals surface area contributed by atoms with Crippen LogP contribution in [0.4, 0.5) is 15.9 Å². The van der Waals surface area contributed by atoms with Gasteiger partial charge in [0.25, 0.3) is 0 Å². The van der Waals surface area contributed by atoms with E-state index in [1.54, 1.807) is 20.2 Å². The molecule has 0 unspecified atom stereocenters. The van der Waals surface area contributed by atoms with Crippen molar-refractivity contribution in [3.63, 3.8) is 0 Å². The molecule has 0 N–H and O–H groups in total. The zero-order valence-corrected chi connectivity index (χ0v) is 19.9. The molecule has 31 heavy (non-hydrogen) atoms. The molecule has 2 heterocycles. The summed E-state index contributed by atoms with van der Waals surface area (Å²) in [6.45, 7) is 2.07. The summed E-state index contributed by atoms with van der Waals surface area (Å²) >= 11 is 5.09. The van der Waals surface area contributed by atoms with Gasteiger partial charge in [-0.1, -0.05) is 0 Å². The van der Waals surface area contributed by atoms with Gasteiger partial charge in [0, 0.05) is 0 Å². The Morgan fingerprint density at radius 3 is 2.03 bits per heavy atom. The molecule has 0 bridgehead atoms. The standard InChI is InChI=1S/C24H21N3O2SSe/c1-16-9-11-18(12-10-16)27(17-7-5-4-6-8-17)21-14-13-19(31-21)15-20-22(28)25(2)24(30)26(3)23(20)29/h4-15H,1-3H3. The summed E-state index contributed by atoms with van der Waals surface area (Å²) in [5, 5.41) is 0.214. The van der Waals surface area contributed by atoms with E-state index in [4.69, 9.17) is 12.2 Å². The molecule has 1 fully saturated rings. The molecule has 0 saturated carbocycles. The predicted molar refractivity (Wildman–Crippen MR) is 129 cm³/mol. The molecular weight excluding hydrogens is 473 g/mol. The molecule has 1 aromatic heterocycles. The molecule has 1 aliphatic heterocycles. The van der Waals surface area contributed by atoms with Gasteiger partial charge < -0.3 is 0 Å². The van der Waals surface area contributed by atoms with Crippen LogP contribution in [0.15, 0.2) is 72.3 Å². The van der Waals surface area contributed by atoms with Crippen LogP contribution < -0.4 is 4.90 Å². The average molecular weight is 494 g/mol. The summed E-state index contributed by atoms with van der Waals surface area (Å²) in [4.78, 5) is 30.2. The third-order valence-corrected chi connectivity index (χ3v) is 7.75. The van der Waals surface area contributed by atoms with Gasteiger partial charge >= 0.3 is 193 Å². The zero-order valence-electron chi connectivity index (χ0n) is 17.4. The van der Waals surface area contributed by atoms with Gasteiger partial charge in [0.2, 0.25) is 0 Å². The monoisotopic (exact) mass is 495 g/mol. The van der Waals surface area contributed by atoms with Crippen LogP contribution in [0.3, 0.4) is 0 Å². The third-order valence-electron chi connectivity index (χ3n) is 5.07. The minimum absolute atomic E-state index is 0.0800. The first-order valence-electron chi connectivity index (χ1n) is 9.70. The Kier molecular flexibility index (Phi) is 5.92. The molecule has 4 rings (SSSR count). The Balaban J connectivity index is 1.74. The van der Waals surface area contributed by atoms with E-state index >= 15 is 0 Å². The summed E-state index contributed by atoms with van der Waals surface area (Å²) in [5.41, 5.74) is 3.48.